The summed E-state index contributed by atoms with van der Waals surface area (Å²) in [6.07, 6.45) is -2.98. The molecule has 1 amide bonds. The standard InChI is InChI=1S/C16H19F3N4O2/c1-11-4-5-12(16(17,18)19)8-13(11)15(24)22(2)9-14-21-20-10-23(14)6-7-25-3/h4-5,8,10H,6-7,9H2,1-3H3. The number of aryl methyl sites for hydroxylation is 1. The minimum Gasteiger partial charge on any atom is -0.383 e. The van der Waals surface area contributed by atoms with Crippen LogP contribution in [0.1, 0.15) is 27.3 Å². The number of ether oxygens (including phenoxy) is 1. The zero-order valence-electron chi connectivity index (χ0n) is 14.2. The van der Waals surface area contributed by atoms with Gasteiger partial charge in [-0.3, -0.25) is 4.79 Å². The molecule has 1 aromatic carbocycles. The monoisotopic (exact) mass is 356 g/mol. The predicted octanol–water partition coefficient (Wildman–Crippen LogP) is 2.52. The van der Waals surface area contributed by atoms with E-state index in [1.165, 1.54) is 24.3 Å². The van der Waals surface area contributed by atoms with Crippen molar-refractivity contribution >= 4 is 5.91 Å². The third kappa shape index (κ3) is 4.56. The molecule has 2 rings (SSSR count). The maximum Gasteiger partial charge on any atom is 0.416 e. The van der Waals surface area contributed by atoms with Gasteiger partial charge in [0.2, 0.25) is 0 Å². The fourth-order valence-electron chi connectivity index (χ4n) is 2.30. The quantitative estimate of drug-likeness (QED) is 0.798. The molecule has 136 valence electrons. The van der Waals surface area contributed by atoms with Crippen LogP contribution in [0, 0.1) is 6.92 Å². The molecule has 9 heteroatoms. The molecule has 0 aliphatic heterocycles. The number of amides is 1. The van der Waals surface area contributed by atoms with Crippen molar-refractivity contribution in [3.63, 3.8) is 0 Å². The molecule has 0 spiro atoms. The lowest BCUT2D eigenvalue weighted by Crippen LogP contribution is -2.29. The van der Waals surface area contributed by atoms with E-state index in [0.717, 1.165) is 12.1 Å². The summed E-state index contributed by atoms with van der Waals surface area (Å²) in [6.45, 7) is 2.69. The predicted molar refractivity (Wildman–Crippen MR) is 83.9 cm³/mol. The van der Waals surface area contributed by atoms with Crippen molar-refractivity contribution in [1.29, 1.82) is 0 Å². The van der Waals surface area contributed by atoms with Gasteiger partial charge in [-0.2, -0.15) is 13.2 Å². The molecule has 0 aliphatic rings. The summed E-state index contributed by atoms with van der Waals surface area (Å²) in [5.41, 5.74) is -0.357. The van der Waals surface area contributed by atoms with Gasteiger partial charge in [0.15, 0.2) is 5.82 Å². The summed E-state index contributed by atoms with van der Waals surface area (Å²) < 4.78 is 45.4. The van der Waals surface area contributed by atoms with Gasteiger partial charge in [0.25, 0.3) is 5.91 Å². The molecular formula is C16H19F3N4O2. The summed E-state index contributed by atoms with van der Waals surface area (Å²) in [4.78, 5) is 13.9. The van der Waals surface area contributed by atoms with Crippen molar-refractivity contribution in [2.75, 3.05) is 20.8 Å². The van der Waals surface area contributed by atoms with Crippen LogP contribution in [0.15, 0.2) is 24.5 Å². The molecule has 1 heterocycles. The summed E-state index contributed by atoms with van der Waals surface area (Å²) in [5, 5.41) is 7.74. The van der Waals surface area contributed by atoms with Crippen LogP contribution in [-0.4, -0.2) is 46.3 Å². The number of aromatic nitrogens is 3. The number of benzene rings is 1. The fraction of sp³-hybridized carbons (Fsp3) is 0.438. The Balaban J connectivity index is 2.19. The molecule has 0 aliphatic carbocycles. The van der Waals surface area contributed by atoms with Gasteiger partial charge in [-0.1, -0.05) is 6.07 Å². The van der Waals surface area contributed by atoms with Crippen LogP contribution in [0.25, 0.3) is 0 Å². The second-order valence-corrected chi connectivity index (χ2v) is 5.62. The highest BCUT2D eigenvalue weighted by atomic mass is 19.4. The number of alkyl halides is 3. The average molecular weight is 356 g/mol. The number of nitrogens with zero attached hydrogens (tertiary/aromatic N) is 4. The lowest BCUT2D eigenvalue weighted by atomic mass is 10.0. The highest BCUT2D eigenvalue weighted by Crippen LogP contribution is 2.30. The molecule has 6 nitrogen and oxygen atoms in total. The second kappa shape index (κ2) is 7.64. The molecule has 0 bridgehead atoms. The Morgan fingerprint density at radius 1 is 1.36 bits per heavy atom. The van der Waals surface area contributed by atoms with E-state index in [9.17, 15) is 18.0 Å². The number of carbonyl (C=O) groups is 1. The third-order valence-electron chi connectivity index (χ3n) is 3.75. The molecule has 0 saturated carbocycles. The summed E-state index contributed by atoms with van der Waals surface area (Å²) >= 11 is 0. The topological polar surface area (TPSA) is 60.2 Å². The van der Waals surface area contributed by atoms with Crippen molar-refractivity contribution in [2.24, 2.45) is 0 Å². The van der Waals surface area contributed by atoms with Gasteiger partial charge in [0.1, 0.15) is 6.33 Å². The largest absolute Gasteiger partial charge is 0.416 e. The van der Waals surface area contributed by atoms with Gasteiger partial charge in [0, 0.05) is 26.3 Å². The van der Waals surface area contributed by atoms with E-state index < -0.39 is 17.6 Å². The van der Waals surface area contributed by atoms with Crippen LogP contribution in [0.4, 0.5) is 13.2 Å². The normalized spacial score (nSPS) is 11.6. The second-order valence-electron chi connectivity index (χ2n) is 5.62. The van der Waals surface area contributed by atoms with E-state index in [4.69, 9.17) is 4.74 Å². The molecule has 1 aromatic heterocycles. The zero-order valence-corrected chi connectivity index (χ0v) is 14.2. The van der Waals surface area contributed by atoms with Gasteiger partial charge in [-0.05, 0) is 24.6 Å². The van der Waals surface area contributed by atoms with E-state index in [0.29, 0.717) is 24.5 Å². The highest BCUT2D eigenvalue weighted by Gasteiger charge is 2.31. The number of rotatable bonds is 6. The Hall–Kier alpha value is -2.42. The van der Waals surface area contributed by atoms with Gasteiger partial charge in [0.05, 0.1) is 18.7 Å². The van der Waals surface area contributed by atoms with Crippen LogP contribution in [0.3, 0.4) is 0 Å². The van der Waals surface area contributed by atoms with E-state index in [1.54, 1.807) is 18.6 Å². The van der Waals surface area contributed by atoms with Crippen LogP contribution in [0.5, 0.6) is 0 Å². The molecule has 0 radical (unpaired) electrons. The molecule has 2 aromatic rings. The number of halogens is 3. The summed E-state index contributed by atoms with van der Waals surface area (Å²) in [7, 11) is 3.08. The fourth-order valence-corrected chi connectivity index (χ4v) is 2.30. The first kappa shape index (κ1) is 18.9. The van der Waals surface area contributed by atoms with Crippen LogP contribution in [-0.2, 0) is 24.0 Å². The maximum atomic E-state index is 12.9. The van der Waals surface area contributed by atoms with Gasteiger partial charge < -0.3 is 14.2 Å². The first-order chi connectivity index (χ1) is 11.7. The van der Waals surface area contributed by atoms with Crippen LogP contribution < -0.4 is 0 Å². The molecule has 0 saturated heterocycles. The van der Waals surface area contributed by atoms with E-state index >= 15 is 0 Å². The lowest BCUT2D eigenvalue weighted by molar-refractivity contribution is -0.137. The Kier molecular flexibility index (Phi) is 5.78. The highest BCUT2D eigenvalue weighted by molar-refractivity contribution is 5.95. The Bertz CT molecular complexity index is 743. The summed E-state index contributed by atoms with van der Waals surface area (Å²) in [6, 6.07) is 3.14. The first-order valence-corrected chi connectivity index (χ1v) is 7.53. The maximum absolute atomic E-state index is 12.9. The van der Waals surface area contributed by atoms with Gasteiger partial charge in [-0.15, -0.1) is 10.2 Å². The molecule has 0 atom stereocenters. The third-order valence-corrected chi connectivity index (χ3v) is 3.75. The van der Waals surface area contributed by atoms with Gasteiger partial charge >= 0.3 is 6.18 Å². The number of hydrogen-bond donors (Lipinski definition) is 0. The number of hydrogen-bond acceptors (Lipinski definition) is 4. The van der Waals surface area contributed by atoms with E-state index in [-0.39, 0.29) is 12.1 Å². The van der Waals surface area contributed by atoms with Crippen molar-refractivity contribution in [2.45, 2.75) is 26.2 Å². The van der Waals surface area contributed by atoms with Gasteiger partial charge in [-0.25, -0.2) is 0 Å². The minimum atomic E-state index is -4.50. The number of carbonyl (C=O) groups excluding carboxylic acids is 1. The Morgan fingerprint density at radius 3 is 2.72 bits per heavy atom. The Labute approximate surface area is 143 Å². The smallest absolute Gasteiger partial charge is 0.383 e. The molecular weight excluding hydrogens is 337 g/mol. The Morgan fingerprint density at radius 2 is 2.08 bits per heavy atom. The molecule has 0 unspecified atom stereocenters. The SMILES string of the molecule is COCCn1cnnc1CN(C)C(=O)c1cc(C(F)(F)F)ccc1C. The summed E-state index contributed by atoms with van der Waals surface area (Å²) in [5.74, 6) is 0.0161. The lowest BCUT2D eigenvalue weighted by Gasteiger charge is -2.19. The zero-order chi connectivity index (χ0) is 18.6. The van der Waals surface area contributed by atoms with Crippen LogP contribution in [0.2, 0.25) is 0 Å². The number of methoxy groups -OCH3 is 1. The van der Waals surface area contributed by atoms with Crippen molar-refractivity contribution in [1.82, 2.24) is 19.7 Å². The van der Waals surface area contributed by atoms with Crippen molar-refractivity contribution in [3.05, 3.63) is 47.0 Å². The first-order valence-electron chi connectivity index (χ1n) is 7.53. The van der Waals surface area contributed by atoms with E-state index in [1.807, 2.05) is 0 Å². The van der Waals surface area contributed by atoms with E-state index in [2.05, 4.69) is 10.2 Å². The molecule has 0 N–H and O–H groups in total. The van der Waals surface area contributed by atoms with Crippen molar-refractivity contribution < 1.29 is 22.7 Å². The molecule has 25 heavy (non-hydrogen) atoms. The average Bonchev–Trinajstić information content (AvgIpc) is 2.98. The van der Waals surface area contributed by atoms with Crippen molar-refractivity contribution in [3.8, 4) is 0 Å². The minimum absolute atomic E-state index is 0.0141. The molecule has 0 fully saturated rings. The van der Waals surface area contributed by atoms with Crippen LogP contribution >= 0.6 is 0 Å².